The maximum atomic E-state index is 14.5. The van der Waals surface area contributed by atoms with E-state index in [0.717, 1.165) is 17.7 Å². The lowest BCUT2D eigenvalue weighted by Gasteiger charge is -2.44. The van der Waals surface area contributed by atoms with Crippen LogP contribution in [0.2, 0.25) is 0 Å². The van der Waals surface area contributed by atoms with Crippen LogP contribution in [-0.2, 0) is 6.42 Å². The third-order valence-corrected chi connectivity index (χ3v) is 4.95. The van der Waals surface area contributed by atoms with Gasteiger partial charge < -0.3 is 15.5 Å². The second kappa shape index (κ2) is 8.41. The molecule has 2 N–H and O–H groups in total. The summed E-state index contributed by atoms with van der Waals surface area (Å²) in [5, 5.41) is 5.39. The fraction of sp³-hybridized carbons (Fsp3) is 0.381. The van der Waals surface area contributed by atoms with Gasteiger partial charge in [0.25, 0.3) is 5.91 Å². The van der Waals surface area contributed by atoms with Crippen LogP contribution in [0.5, 0.6) is 0 Å². The molecule has 0 aliphatic carbocycles. The van der Waals surface area contributed by atoms with Crippen molar-refractivity contribution in [3.8, 4) is 0 Å². The van der Waals surface area contributed by atoms with Crippen molar-refractivity contribution in [2.75, 3.05) is 31.5 Å². The van der Waals surface area contributed by atoms with Gasteiger partial charge in [0.05, 0.1) is 30.0 Å². The number of hydrogen-bond donors (Lipinski definition) is 2. The van der Waals surface area contributed by atoms with Gasteiger partial charge >= 0.3 is 0 Å². The number of nitrogens with zero attached hydrogens (tertiary/aromatic N) is 1. The Morgan fingerprint density at radius 2 is 1.83 bits per heavy atom. The van der Waals surface area contributed by atoms with Gasteiger partial charge in [-0.2, -0.15) is 0 Å². The van der Waals surface area contributed by atoms with Crippen molar-refractivity contribution in [3.63, 3.8) is 0 Å². The van der Waals surface area contributed by atoms with Gasteiger partial charge in [0, 0.05) is 6.54 Å². The second-order valence-electron chi connectivity index (χ2n) is 7.17. The monoisotopic (exact) mass is 409 g/mol. The molecule has 1 saturated heterocycles. The molecule has 8 heteroatoms. The molecule has 2 aromatic rings. The largest absolute Gasteiger partial charge is 0.350 e. The number of carbonyl (C=O) groups excluding carboxylic acids is 1. The third-order valence-electron chi connectivity index (χ3n) is 4.95. The van der Waals surface area contributed by atoms with Crippen LogP contribution in [0.4, 0.5) is 28.9 Å². The predicted molar refractivity (Wildman–Crippen MR) is 104 cm³/mol. The maximum absolute atomic E-state index is 14.5. The van der Waals surface area contributed by atoms with Crippen LogP contribution < -0.4 is 10.6 Å². The number of hydrogen-bond acceptors (Lipinski definition) is 3. The minimum atomic E-state index is -1.56. The molecule has 0 unspecified atom stereocenters. The Morgan fingerprint density at radius 3 is 2.45 bits per heavy atom. The zero-order valence-electron chi connectivity index (χ0n) is 16.3. The van der Waals surface area contributed by atoms with Crippen molar-refractivity contribution in [3.05, 3.63) is 58.9 Å². The van der Waals surface area contributed by atoms with E-state index in [2.05, 4.69) is 10.6 Å². The summed E-state index contributed by atoms with van der Waals surface area (Å²) in [6, 6.07) is 6.28. The molecule has 0 bridgehead atoms. The van der Waals surface area contributed by atoms with E-state index in [1.807, 2.05) is 13.8 Å². The second-order valence-corrected chi connectivity index (χ2v) is 7.17. The molecule has 4 nitrogen and oxygen atoms in total. The number of anilines is 2. The molecule has 1 aliphatic heterocycles. The fourth-order valence-corrected chi connectivity index (χ4v) is 3.28. The van der Waals surface area contributed by atoms with E-state index in [4.69, 9.17) is 0 Å². The highest BCUT2D eigenvalue weighted by atomic mass is 19.2. The molecule has 29 heavy (non-hydrogen) atoms. The number of benzene rings is 2. The van der Waals surface area contributed by atoms with Gasteiger partial charge in [-0.3, -0.25) is 4.79 Å². The molecule has 156 valence electrons. The first kappa shape index (κ1) is 21.1. The third kappa shape index (κ3) is 4.37. The molecule has 0 spiro atoms. The predicted octanol–water partition coefficient (Wildman–Crippen LogP) is 4.18. The topological polar surface area (TPSA) is 44.4 Å². The highest BCUT2D eigenvalue weighted by Gasteiger charge is 2.46. The molecule has 1 aliphatic rings. The molecule has 0 saturated carbocycles. The van der Waals surface area contributed by atoms with E-state index >= 15 is 0 Å². The van der Waals surface area contributed by atoms with Gasteiger partial charge in [0.2, 0.25) is 0 Å². The molecular weight excluding hydrogens is 386 g/mol. The number of carbonyl (C=O) groups is 1. The fourth-order valence-electron chi connectivity index (χ4n) is 3.28. The molecule has 3 rings (SSSR count). The number of likely N-dealkylation sites (tertiary alicyclic amines) is 1. The first-order valence-corrected chi connectivity index (χ1v) is 9.50. The molecule has 0 radical (unpaired) electrons. The minimum absolute atomic E-state index is 0.0867. The summed E-state index contributed by atoms with van der Waals surface area (Å²) in [5.41, 5.74) is -1.56. The first-order chi connectivity index (χ1) is 13.8. The van der Waals surface area contributed by atoms with E-state index < -0.39 is 34.7 Å². The number of alkyl halides is 1. The number of aryl methyl sites for hydroxylation is 1. The Labute approximate surface area is 166 Å². The number of amides is 1. The van der Waals surface area contributed by atoms with Crippen molar-refractivity contribution in [2.24, 2.45) is 0 Å². The lowest BCUT2D eigenvalue weighted by molar-refractivity contribution is -0.0182. The van der Waals surface area contributed by atoms with Crippen molar-refractivity contribution in [1.29, 1.82) is 0 Å². The molecule has 1 amide bonds. The van der Waals surface area contributed by atoms with E-state index in [9.17, 15) is 22.4 Å². The lowest BCUT2D eigenvalue weighted by Crippen LogP contribution is -2.64. The Balaban J connectivity index is 1.86. The average Bonchev–Trinajstić information content (AvgIpc) is 2.68. The minimum Gasteiger partial charge on any atom is -0.350 e. The Morgan fingerprint density at radius 1 is 1.10 bits per heavy atom. The average molecular weight is 409 g/mol. The zero-order chi connectivity index (χ0) is 21.2. The van der Waals surface area contributed by atoms with Gasteiger partial charge in [-0.25, -0.2) is 17.6 Å². The molecule has 2 aromatic carbocycles. The van der Waals surface area contributed by atoms with Crippen LogP contribution in [0.3, 0.4) is 0 Å². The molecule has 1 heterocycles. The summed E-state index contributed by atoms with van der Waals surface area (Å²) in [5.74, 6) is -3.77. The molecule has 1 fully saturated rings. The summed E-state index contributed by atoms with van der Waals surface area (Å²) in [4.78, 5) is 14.0. The lowest BCUT2D eigenvalue weighted by atomic mass is 9.94. The quantitative estimate of drug-likeness (QED) is 0.675. The Bertz CT molecular complexity index is 913. The van der Waals surface area contributed by atoms with Gasteiger partial charge in [0.15, 0.2) is 17.3 Å². The van der Waals surface area contributed by atoms with Crippen LogP contribution in [-0.4, -0.2) is 42.7 Å². The van der Waals surface area contributed by atoms with Crippen LogP contribution >= 0.6 is 0 Å². The summed E-state index contributed by atoms with van der Waals surface area (Å²) in [7, 11) is 0. The van der Waals surface area contributed by atoms with Crippen molar-refractivity contribution in [2.45, 2.75) is 25.9 Å². The smallest absolute Gasteiger partial charge is 0.256 e. The maximum Gasteiger partial charge on any atom is 0.256 e. The van der Waals surface area contributed by atoms with Gasteiger partial charge in [-0.15, -0.1) is 0 Å². The SMILES string of the molecule is CCNCC1(F)CN(C(=O)c2ccc(F)c(F)c2Nc2ccc(CC)cc2F)C1. The number of rotatable bonds is 7. The van der Waals surface area contributed by atoms with Crippen LogP contribution in [0, 0.1) is 17.5 Å². The van der Waals surface area contributed by atoms with Crippen molar-refractivity contribution < 1.29 is 22.4 Å². The van der Waals surface area contributed by atoms with E-state index in [1.54, 1.807) is 6.07 Å². The Kier molecular flexibility index (Phi) is 6.12. The molecule has 0 aromatic heterocycles. The van der Waals surface area contributed by atoms with Gasteiger partial charge in [-0.1, -0.05) is 19.9 Å². The van der Waals surface area contributed by atoms with E-state index in [1.165, 1.54) is 17.0 Å². The number of halogens is 4. The van der Waals surface area contributed by atoms with Gasteiger partial charge in [0.1, 0.15) is 5.82 Å². The van der Waals surface area contributed by atoms with Crippen LogP contribution in [0.15, 0.2) is 30.3 Å². The normalized spacial score (nSPS) is 15.2. The van der Waals surface area contributed by atoms with Crippen LogP contribution in [0.25, 0.3) is 0 Å². The van der Waals surface area contributed by atoms with Crippen molar-refractivity contribution in [1.82, 2.24) is 10.2 Å². The summed E-state index contributed by atoms with van der Waals surface area (Å²) in [6.45, 7) is 4.09. The standard InChI is InChI=1S/C21H23F4N3O/c1-3-13-5-8-17(16(23)9-13)27-19-14(6-7-15(22)18(19)24)20(29)28-11-21(25,12-28)10-26-4-2/h5-9,26-27H,3-4,10-12H2,1-2H3. The van der Waals surface area contributed by atoms with Crippen LogP contribution in [0.1, 0.15) is 29.8 Å². The summed E-state index contributed by atoms with van der Waals surface area (Å²) in [6.07, 6.45) is 0.613. The summed E-state index contributed by atoms with van der Waals surface area (Å²) >= 11 is 0. The molecule has 0 atom stereocenters. The highest BCUT2D eigenvalue weighted by Crippen LogP contribution is 2.32. The van der Waals surface area contributed by atoms with Gasteiger partial charge in [-0.05, 0) is 42.8 Å². The molecular formula is C21H23F4N3O. The Hall–Kier alpha value is -2.61. The number of nitrogens with one attached hydrogen (secondary N) is 2. The van der Waals surface area contributed by atoms with Crippen molar-refractivity contribution >= 4 is 17.3 Å². The highest BCUT2D eigenvalue weighted by molar-refractivity contribution is 6.01. The van der Waals surface area contributed by atoms with E-state index in [-0.39, 0.29) is 30.9 Å². The summed E-state index contributed by atoms with van der Waals surface area (Å²) < 4.78 is 57.1. The zero-order valence-corrected chi connectivity index (χ0v) is 16.3. The van der Waals surface area contributed by atoms with E-state index in [0.29, 0.717) is 13.0 Å². The first-order valence-electron chi connectivity index (χ1n) is 9.50.